The second-order valence-corrected chi connectivity index (χ2v) is 5.07. The molecule has 1 N–H and O–H groups in total. The van der Waals surface area contributed by atoms with Crippen molar-refractivity contribution in [3.05, 3.63) is 29.0 Å². The van der Waals surface area contributed by atoms with E-state index in [1.807, 2.05) is 0 Å². The van der Waals surface area contributed by atoms with E-state index in [9.17, 15) is 9.18 Å². The Hall–Kier alpha value is -1.13. The van der Waals surface area contributed by atoms with Gasteiger partial charge in [-0.25, -0.2) is 4.39 Å². The van der Waals surface area contributed by atoms with Crippen LogP contribution in [0.3, 0.4) is 0 Å². The Balaban J connectivity index is 1.94. The Bertz CT molecular complexity index is 453. The number of nitrogens with zero attached hydrogens (tertiary/aromatic N) is 1. The number of likely N-dealkylation sites (tertiary alicyclic amines) is 1. The van der Waals surface area contributed by atoms with Gasteiger partial charge in [-0.3, -0.25) is 9.69 Å². The molecule has 0 unspecified atom stereocenters. The van der Waals surface area contributed by atoms with Crippen molar-refractivity contribution in [1.29, 1.82) is 0 Å². The van der Waals surface area contributed by atoms with Crippen molar-refractivity contribution >= 4 is 23.2 Å². The molecule has 1 fully saturated rings. The number of nitrogens with one attached hydrogen (secondary N) is 1. The molecule has 18 heavy (non-hydrogen) atoms. The van der Waals surface area contributed by atoms with Crippen molar-refractivity contribution in [2.45, 2.75) is 25.8 Å². The minimum atomic E-state index is -0.509. The molecule has 3 nitrogen and oxygen atoms in total. The fourth-order valence-corrected chi connectivity index (χ4v) is 2.35. The van der Waals surface area contributed by atoms with Crippen LogP contribution in [0.2, 0.25) is 5.02 Å². The number of carbonyl (C=O) groups is 1. The number of amides is 1. The van der Waals surface area contributed by atoms with Crippen LogP contribution >= 0.6 is 11.6 Å². The topological polar surface area (TPSA) is 32.3 Å². The smallest absolute Gasteiger partial charge is 0.238 e. The maximum atomic E-state index is 13.5. The van der Waals surface area contributed by atoms with Gasteiger partial charge in [-0.1, -0.05) is 11.6 Å². The van der Waals surface area contributed by atoms with Gasteiger partial charge in [0.25, 0.3) is 0 Å². The SMILES string of the molecule is C[C@@H]1CCCN1CC(=O)Nc1ccc(Cl)cc1F. The molecular formula is C13H16ClFN2O. The summed E-state index contributed by atoms with van der Waals surface area (Å²) >= 11 is 5.65. The van der Waals surface area contributed by atoms with Crippen LogP contribution in [-0.2, 0) is 4.79 Å². The number of halogens is 2. The van der Waals surface area contributed by atoms with Crippen LogP contribution in [-0.4, -0.2) is 29.9 Å². The summed E-state index contributed by atoms with van der Waals surface area (Å²) in [4.78, 5) is 13.9. The van der Waals surface area contributed by atoms with Gasteiger partial charge >= 0.3 is 0 Å². The molecule has 1 heterocycles. The Morgan fingerprint density at radius 3 is 3.00 bits per heavy atom. The van der Waals surface area contributed by atoms with Gasteiger partial charge in [0.2, 0.25) is 5.91 Å². The van der Waals surface area contributed by atoms with E-state index in [4.69, 9.17) is 11.6 Å². The van der Waals surface area contributed by atoms with Crippen LogP contribution in [0.5, 0.6) is 0 Å². The second kappa shape index (κ2) is 5.67. The van der Waals surface area contributed by atoms with E-state index >= 15 is 0 Å². The molecule has 0 aromatic heterocycles. The van der Waals surface area contributed by atoms with Gasteiger partial charge in [0.15, 0.2) is 0 Å². The quantitative estimate of drug-likeness (QED) is 0.916. The Kier molecular flexibility index (Phi) is 4.19. The zero-order chi connectivity index (χ0) is 13.1. The third-order valence-corrected chi connectivity index (χ3v) is 3.48. The molecular weight excluding hydrogens is 255 g/mol. The van der Waals surface area contributed by atoms with E-state index in [1.165, 1.54) is 12.1 Å². The molecule has 0 bridgehead atoms. The molecule has 1 saturated heterocycles. The summed E-state index contributed by atoms with van der Waals surface area (Å²) in [5.74, 6) is -0.699. The number of hydrogen-bond acceptors (Lipinski definition) is 2. The minimum Gasteiger partial charge on any atom is -0.322 e. The summed E-state index contributed by atoms with van der Waals surface area (Å²) in [6.45, 7) is 3.34. The lowest BCUT2D eigenvalue weighted by atomic mass is 10.2. The van der Waals surface area contributed by atoms with Gasteiger partial charge < -0.3 is 5.32 Å². The third kappa shape index (κ3) is 3.21. The molecule has 1 atom stereocenters. The van der Waals surface area contributed by atoms with E-state index in [0.717, 1.165) is 19.4 Å². The molecule has 1 aromatic carbocycles. The summed E-state index contributed by atoms with van der Waals surface area (Å²) in [6, 6.07) is 4.64. The van der Waals surface area contributed by atoms with Gasteiger partial charge in [0.05, 0.1) is 12.2 Å². The molecule has 0 saturated carbocycles. The first-order valence-corrected chi connectivity index (χ1v) is 6.43. The lowest BCUT2D eigenvalue weighted by Crippen LogP contribution is -2.35. The van der Waals surface area contributed by atoms with Gasteiger partial charge in [-0.05, 0) is 44.5 Å². The van der Waals surface area contributed by atoms with Crippen LogP contribution in [0.25, 0.3) is 0 Å². The second-order valence-electron chi connectivity index (χ2n) is 4.63. The third-order valence-electron chi connectivity index (χ3n) is 3.24. The van der Waals surface area contributed by atoms with E-state index in [2.05, 4.69) is 17.1 Å². The van der Waals surface area contributed by atoms with Crippen molar-refractivity contribution in [3.8, 4) is 0 Å². The summed E-state index contributed by atoms with van der Waals surface area (Å²) < 4.78 is 13.5. The van der Waals surface area contributed by atoms with Crippen LogP contribution in [0.15, 0.2) is 18.2 Å². The Labute approximate surface area is 111 Å². The van der Waals surface area contributed by atoms with Gasteiger partial charge in [-0.15, -0.1) is 0 Å². The standard InChI is InChI=1S/C13H16ClFN2O/c1-9-3-2-6-17(9)8-13(18)16-12-5-4-10(14)7-11(12)15/h4-5,7,9H,2-3,6,8H2,1H3,(H,16,18)/t9-/m1/s1. The number of anilines is 1. The average molecular weight is 271 g/mol. The molecule has 0 aliphatic carbocycles. The van der Waals surface area contributed by atoms with E-state index in [1.54, 1.807) is 6.07 Å². The first-order chi connectivity index (χ1) is 8.56. The molecule has 0 radical (unpaired) electrons. The Morgan fingerprint density at radius 2 is 2.39 bits per heavy atom. The van der Waals surface area contributed by atoms with E-state index < -0.39 is 5.82 Å². The summed E-state index contributed by atoms with van der Waals surface area (Å²) in [6.07, 6.45) is 2.23. The molecule has 0 spiro atoms. The minimum absolute atomic E-state index is 0.177. The molecule has 1 amide bonds. The number of hydrogen-bond donors (Lipinski definition) is 1. The summed E-state index contributed by atoms with van der Waals surface area (Å²) in [7, 11) is 0. The predicted molar refractivity (Wildman–Crippen MR) is 70.3 cm³/mol. The van der Waals surface area contributed by atoms with Crippen LogP contribution in [0.4, 0.5) is 10.1 Å². The highest BCUT2D eigenvalue weighted by molar-refractivity contribution is 6.30. The maximum Gasteiger partial charge on any atom is 0.238 e. The lowest BCUT2D eigenvalue weighted by Gasteiger charge is -2.20. The van der Waals surface area contributed by atoms with Crippen LogP contribution in [0.1, 0.15) is 19.8 Å². The molecule has 1 aliphatic rings. The summed E-state index contributed by atoms with van der Waals surface area (Å²) in [5, 5.41) is 2.89. The van der Waals surface area contributed by atoms with E-state index in [0.29, 0.717) is 17.6 Å². The van der Waals surface area contributed by atoms with Crippen molar-refractivity contribution in [2.24, 2.45) is 0 Å². The van der Waals surface area contributed by atoms with Crippen molar-refractivity contribution in [2.75, 3.05) is 18.4 Å². The predicted octanol–water partition coefficient (Wildman–Crippen LogP) is 2.90. The fraction of sp³-hybridized carbons (Fsp3) is 0.462. The molecule has 5 heteroatoms. The first-order valence-electron chi connectivity index (χ1n) is 6.05. The average Bonchev–Trinajstić information content (AvgIpc) is 2.69. The highest BCUT2D eigenvalue weighted by Crippen LogP contribution is 2.20. The van der Waals surface area contributed by atoms with Gasteiger partial charge in [0, 0.05) is 11.1 Å². The molecule has 1 aliphatic heterocycles. The van der Waals surface area contributed by atoms with Gasteiger partial charge in [0.1, 0.15) is 5.82 Å². The number of rotatable bonds is 3. The maximum absolute atomic E-state index is 13.5. The first kappa shape index (κ1) is 13.3. The van der Waals surface area contributed by atoms with Gasteiger partial charge in [-0.2, -0.15) is 0 Å². The highest BCUT2D eigenvalue weighted by Gasteiger charge is 2.22. The van der Waals surface area contributed by atoms with Crippen molar-refractivity contribution in [3.63, 3.8) is 0 Å². The molecule has 98 valence electrons. The fourth-order valence-electron chi connectivity index (χ4n) is 2.19. The Morgan fingerprint density at radius 1 is 1.61 bits per heavy atom. The van der Waals surface area contributed by atoms with Crippen molar-refractivity contribution in [1.82, 2.24) is 4.90 Å². The largest absolute Gasteiger partial charge is 0.322 e. The summed E-state index contributed by atoms with van der Waals surface area (Å²) in [5.41, 5.74) is 0.177. The van der Waals surface area contributed by atoms with Crippen LogP contribution in [0, 0.1) is 5.82 Å². The van der Waals surface area contributed by atoms with Crippen molar-refractivity contribution < 1.29 is 9.18 Å². The zero-order valence-electron chi connectivity index (χ0n) is 10.2. The molecule has 2 rings (SSSR count). The number of benzene rings is 1. The lowest BCUT2D eigenvalue weighted by molar-refractivity contribution is -0.117. The molecule has 1 aromatic rings. The number of carbonyl (C=O) groups excluding carboxylic acids is 1. The van der Waals surface area contributed by atoms with E-state index in [-0.39, 0.29) is 11.6 Å². The normalized spacial score (nSPS) is 20.1. The zero-order valence-corrected chi connectivity index (χ0v) is 11.0. The monoisotopic (exact) mass is 270 g/mol. The highest BCUT2D eigenvalue weighted by atomic mass is 35.5. The van der Waals surface area contributed by atoms with Crippen LogP contribution < -0.4 is 5.32 Å².